The second-order valence-corrected chi connectivity index (χ2v) is 5.84. The van der Waals surface area contributed by atoms with Gasteiger partial charge in [0.25, 0.3) is 0 Å². The molecule has 0 radical (unpaired) electrons. The van der Waals surface area contributed by atoms with Crippen molar-refractivity contribution < 1.29 is 9.59 Å². The molecule has 19 heavy (non-hydrogen) atoms. The number of carbonyl (C=O) groups is 2. The lowest BCUT2D eigenvalue weighted by Gasteiger charge is -2.31. The number of amides is 1. The number of thioether (sulfide) groups is 1. The molecule has 0 aliphatic carbocycles. The summed E-state index contributed by atoms with van der Waals surface area (Å²) in [6.45, 7) is 7.90. The van der Waals surface area contributed by atoms with Crippen LogP contribution in [0.15, 0.2) is 35.7 Å². The molecule has 1 aromatic rings. The summed E-state index contributed by atoms with van der Waals surface area (Å²) >= 11 is 1.54. The lowest BCUT2D eigenvalue weighted by atomic mass is 10.1. The third kappa shape index (κ3) is 2.59. The minimum atomic E-state index is -0.0971. The first-order valence-electron chi connectivity index (χ1n) is 6.34. The maximum Gasteiger partial charge on any atom is 0.240 e. The minimum absolute atomic E-state index is 0.0681. The Balaban J connectivity index is 2.48. The number of carbonyl (C=O) groups excluding carboxylic acids is 2. The topological polar surface area (TPSA) is 37.4 Å². The van der Waals surface area contributed by atoms with Gasteiger partial charge in [0.2, 0.25) is 5.91 Å². The predicted molar refractivity (Wildman–Crippen MR) is 78.9 cm³/mol. The molecule has 1 aliphatic rings. The molecule has 1 unspecified atom stereocenters. The zero-order chi connectivity index (χ0) is 14.0. The molecular formula is C15H17NO2S. The molecule has 1 heterocycles. The van der Waals surface area contributed by atoms with Crippen molar-refractivity contribution in [3.8, 4) is 0 Å². The van der Waals surface area contributed by atoms with Gasteiger partial charge >= 0.3 is 0 Å². The molecule has 3 nitrogen and oxygen atoms in total. The molecule has 0 bridgehead atoms. The SMILES string of the molecule is C=CCN1C(=O)C(C)Sc2ccc(C(=O)CC)cc21. The molecule has 4 heteroatoms. The molecule has 1 aliphatic heterocycles. The maximum atomic E-state index is 12.2. The van der Waals surface area contributed by atoms with E-state index < -0.39 is 0 Å². The van der Waals surface area contributed by atoms with Crippen LogP contribution in [-0.4, -0.2) is 23.5 Å². The quantitative estimate of drug-likeness (QED) is 0.625. The lowest BCUT2D eigenvalue weighted by Crippen LogP contribution is -2.39. The van der Waals surface area contributed by atoms with Crippen LogP contribution in [-0.2, 0) is 4.79 Å². The van der Waals surface area contributed by atoms with Crippen molar-refractivity contribution in [3.05, 3.63) is 36.4 Å². The van der Waals surface area contributed by atoms with Gasteiger partial charge in [0.05, 0.1) is 10.9 Å². The number of benzene rings is 1. The van der Waals surface area contributed by atoms with Crippen LogP contribution < -0.4 is 4.90 Å². The number of rotatable bonds is 4. The Morgan fingerprint density at radius 1 is 1.53 bits per heavy atom. The van der Waals surface area contributed by atoms with Gasteiger partial charge in [-0.15, -0.1) is 18.3 Å². The van der Waals surface area contributed by atoms with Gasteiger partial charge in [-0.1, -0.05) is 19.1 Å². The zero-order valence-corrected chi connectivity index (χ0v) is 12.0. The van der Waals surface area contributed by atoms with Gasteiger partial charge in [-0.05, 0) is 19.1 Å². The lowest BCUT2D eigenvalue weighted by molar-refractivity contribution is -0.117. The molecule has 0 aromatic heterocycles. The van der Waals surface area contributed by atoms with Gasteiger partial charge in [-0.25, -0.2) is 0 Å². The predicted octanol–water partition coefficient (Wildman–Crippen LogP) is 3.29. The zero-order valence-electron chi connectivity index (χ0n) is 11.2. The Morgan fingerprint density at radius 2 is 2.26 bits per heavy atom. The van der Waals surface area contributed by atoms with Crippen LogP contribution >= 0.6 is 11.8 Å². The van der Waals surface area contributed by atoms with Crippen molar-refractivity contribution in [2.24, 2.45) is 0 Å². The average molecular weight is 275 g/mol. The van der Waals surface area contributed by atoms with Gasteiger partial charge < -0.3 is 4.90 Å². The van der Waals surface area contributed by atoms with Crippen LogP contribution in [0.2, 0.25) is 0 Å². The van der Waals surface area contributed by atoms with E-state index in [4.69, 9.17) is 0 Å². The Morgan fingerprint density at radius 3 is 2.89 bits per heavy atom. The molecule has 1 atom stereocenters. The van der Waals surface area contributed by atoms with E-state index in [9.17, 15) is 9.59 Å². The molecule has 100 valence electrons. The first kappa shape index (κ1) is 13.9. The Hall–Kier alpha value is -1.55. The summed E-state index contributed by atoms with van der Waals surface area (Å²) in [4.78, 5) is 26.7. The van der Waals surface area contributed by atoms with E-state index in [1.807, 2.05) is 32.0 Å². The summed E-state index contributed by atoms with van der Waals surface area (Å²) in [5, 5.41) is -0.0971. The smallest absolute Gasteiger partial charge is 0.240 e. The van der Waals surface area contributed by atoms with Crippen LogP contribution in [0.25, 0.3) is 0 Å². The van der Waals surface area contributed by atoms with E-state index in [0.717, 1.165) is 10.6 Å². The monoisotopic (exact) mass is 275 g/mol. The second kappa shape index (κ2) is 5.61. The van der Waals surface area contributed by atoms with Gasteiger partial charge in [0.15, 0.2) is 5.78 Å². The van der Waals surface area contributed by atoms with Gasteiger partial charge in [-0.3, -0.25) is 9.59 Å². The van der Waals surface area contributed by atoms with Gasteiger partial charge in [0, 0.05) is 23.4 Å². The van der Waals surface area contributed by atoms with Crippen LogP contribution in [0.5, 0.6) is 0 Å². The summed E-state index contributed by atoms with van der Waals surface area (Å²) in [5.41, 5.74) is 1.49. The van der Waals surface area contributed by atoms with Crippen molar-refractivity contribution in [2.75, 3.05) is 11.4 Å². The summed E-state index contributed by atoms with van der Waals surface area (Å²) in [7, 11) is 0. The highest BCUT2D eigenvalue weighted by atomic mass is 32.2. The Labute approximate surface area is 117 Å². The normalized spacial score (nSPS) is 18.1. The number of anilines is 1. The van der Waals surface area contributed by atoms with Crippen molar-refractivity contribution in [3.63, 3.8) is 0 Å². The summed E-state index contributed by atoms with van der Waals surface area (Å²) in [6, 6.07) is 5.59. The molecule has 2 rings (SSSR count). The molecule has 0 N–H and O–H groups in total. The van der Waals surface area contributed by atoms with Gasteiger partial charge in [-0.2, -0.15) is 0 Å². The number of nitrogens with zero attached hydrogens (tertiary/aromatic N) is 1. The maximum absolute atomic E-state index is 12.2. The van der Waals surface area contributed by atoms with Crippen molar-refractivity contribution in [1.29, 1.82) is 0 Å². The third-order valence-electron chi connectivity index (χ3n) is 3.12. The Kier molecular flexibility index (Phi) is 4.10. The van der Waals surface area contributed by atoms with Crippen LogP contribution in [0, 0.1) is 0 Å². The Bertz CT molecular complexity index is 539. The van der Waals surface area contributed by atoms with E-state index >= 15 is 0 Å². The van der Waals surface area contributed by atoms with Crippen molar-refractivity contribution in [2.45, 2.75) is 30.4 Å². The first-order valence-corrected chi connectivity index (χ1v) is 7.22. The number of ketones is 1. The fourth-order valence-electron chi connectivity index (χ4n) is 2.10. The van der Waals surface area contributed by atoms with Crippen LogP contribution in [0.4, 0.5) is 5.69 Å². The molecule has 1 amide bonds. The summed E-state index contributed by atoms with van der Waals surface area (Å²) in [5.74, 6) is 0.163. The largest absolute Gasteiger partial charge is 0.307 e. The number of Topliss-reactive ketones (excluding diaryl/α,β-unsaturated/α-hetero) is 1. The molecule has 1 aromatic carbocycles. The third-order valence-corrected chi connectivity index (χ3v) is 4.28. The van der Waals surface area contributed by atoms with Crippen LogP contribution in [0.3, 0.4) is 0 Å². The second-order valence-electron chi connectivity index (χ2n) is 4.46. The molecule has 0 spiro atoms. The fourth-order valence-corrected chi connectivity index (χ4v) is 3.15. The highest BCUT2D eigenvalue weighted by Gasteiger charge is 2.30. The minimum Gasteiger partial charge on any atom is -0.307 e. The first-order chi connectivity index (χ1) is 9.08. The van der Waals surface area contributed by atoms with E-state index in [2.05, 4.69) is 6.58 Å². The van der Waals surface area contributed by atoms with E-state index in [-0.39, 0.29) is 16.9 Å². The standard InChI is InChI=1S/C15H17NO2S/c1-4-8-16-12-9-11(13(17)5-2)6-7-14(12)19-10(3)15(16)18/h4,6-7,9-10H,1,5,8H2,2-3H3. The molecular weight excluding hydrogens is 258 g/mol. The van der Waals surface area contributed by atoms with E-state index in [1.165, 1.54) is 0 Å². The summed E-state index contributed by atoms with van der Waals surface area (Å²) < 4.78 is 0. The average Bonchev–Trinajstić information content (AvgIpc) is 2.42. The molecule has 0 saturated carbocycles. The number of fused-ring (bicyclic) bond motifs is 1. The van der Waals surface area contributed by atoms with Gasteiger partial charge in [0.1, 0.15) is 0 Å². The highest BCUT2D eigenvalue weighted by molar-refractivity contribution is 8.00. The van der Waals surface area contributed by atoms with Crippen molar-refractivity contribution in [1.82, 2.24) is 0 Å². The molecule has 0 fully saturated rings. The number of hydrogen-bond donors (Lipinski definition) is 0. The van der Waals surface area contributed by atoms with E-state index in [1.54, 1.807) is 22.7 Å². The number of hydrogen-bond acceptors (Lipinski definition) is 3. The van der Waals surface area contributed by atoms with Crippen molar-refractivity contribution >= 4 is 29.1 Å². The van der Waals surface area contributed by atoms with E-state index in [0.29, 0.717) is 18.5 Å². The molecule has 0 saturated heterocycles. The fraction of sp³-hybridized carbons (Fsp3) is 0.333. The highest BCUT2D eigenvalue weighted by Crippen LogP contribution is 2.39. The van der Waals surface area contributed by atoms with Crippen LogP contribution in [0.1, 0.15) is 30.6 Å². The summed E-state index contributed by atoms with van der Waals surface area (Å²) in [6.07, 6.45) is 2.18.